The molecule has 0 saturated carbocycles. The molecule has 0 amide bonds. The van der Waals surface area contributed by atoms with Crippen LogP contribution in [-0.4, -0.2) is 44.7 Å². The summed E-state index contributed by atoms with van der Waals surface area (Å²) in [6.07, 6.45) is 0.975. The van der Waals surface area contributed by atoms with Gasteiger partial charge in [0.2, 0.25) is 0 Å². The Kier molecular flexibility index (Phi) is 6.38. The Labute approximate surface area is 85.9 Å². The Morgan fingerprint density at radius 2 is 1.46 bits per heavy atom. The van der Waals surface area contributed by atoms with Crippen molar-refractivity contribution < 1.29 is 27.7 Å². The Balaban J connectivity index is 4.65. The molecular weight excluding hydrogens is 206 g/mol. The molecule has 0 spiro atoms. The van der Waals surface area contributed by atoms with Crippen LogP contribution in [0.5, 0.6) is 0 Å². The van der Waals surface area contributed by atoms with Crippen molar-refractivity contribution >= 4 is 0 Å². The zero-order valence-electron chi connectivity index (χ0n) is 9.46. The van der Waals surface area contributed by atoms with Crippen LogP contribution >= 0.6 is 0 Å². The molecular formula is C8H21NO3Ti. The molecule has 5 heteroatoms. The Bertz CT molecular complexity index is 131. The van der Waals surface area contributed by atoms with Crippen LogP contribution < -0.4 is 0 Å². The summed E-state index contributed by atoms with van der Waals surface area (Å²) < 4.78 is 16.6. The van der Waals surface area contributed by atoms with Crippen molar-refractivity contribution in [2.24, 2.45) is 0 Å². The van der Waals surface area contributed by atoms with Gasteiger partial charge in [-0.2, -0.15) is 0 Å². The van der Waals surface area contributed by atoms with Gasteiger partial charge in [0.05, 0.1) is 0 Å². The van der Waals surface area contributed by atoms with Crippen molar-refractivity contribution in [2.45, 2.75) is 17.7 Å². The van der Waals surface area contributed by atoms with Gasteiger partial charge in [-0.1, -0.05) is 0 Å². The first kappa shape index (κ1) is 13.6. The second kappa shape index (κ2) is 6.12. The van der Waals surface area contributed by atoms with Gasteiger partial charge in [0.25, 0.3) is 0 Å². The van der Waals surface area contributed by atoms with Crippen molar-refractivity contribution in [3.8, 4) is 0 Å². The number of hydrogen-bond donors (Lipinski definition) is 0. The van der Waals surface area contributed by atoms with Crippen LogP contribution in [0.4, 0.5) is 0 Å². The van der Waals surface area contributed by atoms with Crippen LogP contribution in [0.3, 0.4) is 0 Å². The zero-order chi connectivity index (χ0) is 10.5. The predicted octanol–water partition coefficient (Wildman–Crippen LogP) is 1.12. The summed E-state index contributed by atoms with van der Waals surface area (Å²) >= 11 is -3.02. The van der Waals surface area contributed by atoms with Crippen LogP contribution in [0.25, 0.3) is 0 Å². The van der Waals surface area contributed by atoms with E-state index in [9.17, 15) is 0 Å². The van der Waals surface area contributed by atoms with Crippen molar-refractivity contribution in [3.05, 3.63) is 0 Å². The SMILES string of the molecule is CC[CH](N(C)C)[Ti]([O]C)([O]C)[O]C. The quantitative estimate of drug-likeness (QED) is 0.636. The van der Waals surface area contributed by atoms with Crippen molar-refractivity contribution in [1.29, 1.82) is 0 Å². The average molecular weight is 227 g/mol. The van der Waals surface area contributed by atoms with Gasteiger partial charge >= 0.3 is 85.7 Å². The minimum atomic E-state index is -3.02. The molecule has 0 N–H and O–H groups in total. The van der Waals surface area contributed by atoms with Crippen LogP contribution in [-0.2, 0) is 27.7 Å². The van der Waals surface area contributed by atoms with Gasteiger partial charge in [-0.15, -0.1) is 0 Å². The number of rotatable bonds is 6. The van der Waals surface area contributed by atoms with Gasteiger partial charge in [0, 0.05) is 0 Å². The van der Waals surface area contributed by atoms with E-state index in [1.165, 1.54) is 0 Å². The van der Waals surface area contributed by atoms with E-state index in [1.807, 2.05) is 14.1 Å². The molecule has 0 aromatic heterocycles. The molecule has 0 rings (SSSR count). The third kappa shape index (κ3) is 3.01. The van der Waals surface area contributed by atoms with Crippen LogP contribution in [0.1, 0.15) is 13.3 Å². The van der Waals surface area contributed by atoms with Crippen molar-refractivity contribution in [3.63, 3.8) is 0 Å². The average Bonchev–Trinajstić information content (AvgIpc) is 2.13. The van der Waals surface area contributed by atoms with Gasteiger partial charge in [0.15, 0.2) is 0 Å². The van der Waals surface area contributed by atoms with E-state index in [1.54, 1.807) is 21.3 Å². The molecule has 0 bridgehead atoms. The zero-order valence-corrected chi connectivity index (χ0v) is 11.0. The molecule has 0 heterocycles. The summed E-state index contributed by atoms with van der Waals surface area (Å²) in [5, 5.41) is 0. The van der Waals surface area contributed by atoms with Gasteiger partial charge in [-0.05, 0) is 0 Å². The summed E-state index contributed by atoms with van der Waals surface area (Å²) in [6.45, 7) is 2.11. The molecule has 0 aromatic carbocycles. The molecule has 0 fully saturated rings. The summed E-state index contributed by atoms with van der Waals surface area (Å²) in [7, 11) is 9.04. The van der Waals surface area contributed by atoms with E-state index in [2.05, 4.69) is 11.8 Å². The first-order chi connectivity index (χ1) is 6.07. The van der Waals surface area contributed by atoms with E-state index in [0.29, 0.717) is 0 Å². The summed E-state index contributed by atoms with van der Waals surface area (Å²) in [4.78, 5) is 2.11. The Morgan fingerprint density at radius 3 is 1.54 bits per heavy atom. The molecule has 0 aliphatic rings. The topological polar surface area (TPSA) is 30.9 Å². The summed E-state index contributed by atoms with van der Waals surface area (Å²) in [6, 6.07) is 0. The third-order valence-corrected chi connectivity index (χ3v) is 7.66. The first-order valence-corrected chi connectivity index (χ1v) is 7.21. The number of nitrogens with zero attached hydrogens (tertiary/aromatic N) is 1. The molecule has 0 radical (unpaired) electrons. The number of hydrogen-bond acceptors (Lipinski definition) is 4. The molecule has 4 nitrogen and oxygen atoms in total. The van der Waals surface area contributed by atoms with E-state index in [4.69, 9.17) is 9.96 Å². The Morgan fingerprint density at radius 1 is 1.08 bits per heavy atom. The molecule has 0 aromatic rings. The third-order valence-electron chi connectivity index (χ3n) is 2.27. The van der Waals surface area contributed by atoms with E-state index < -0.39 is 17.8 Å². The van der Waals surface area contributed by atoms with Gasteiger partial charge in [-0.25, -0.2) is 0 Å². The van der Waals surface area contributed by atoms with Crippen molar-refractivity contribution in [1.82, 2.24) is 4.90 Å². The molecule has 1 unspecified atom stereocenters. The molecule has 13 heavy (non-hydrogen) atoms. The fraction of sp³-hybridized carbons (Fsp3) is 1.00. The monoisotopic (exact) mass is 227 g/mol. The fourth-order valence-electron chi connectivity index (χ4n) is 1.59. The fourth-order valence-corrected chi connectivity index (χ4v) is 5.41. The standard InChI is InChI=1S/C5H12N.3CH3O.Ti/c1-4-5-6(2)3;3*1-2;/h5H,4H2,1-3H3;3*1H3;/q;3*-1;+3. The first-order valence-electron chi connectivity index (χ1n) is 4.39. The second-order valence-corrected chi connectivity index (χ2v) is 7.94. The van der Waals surface area contributed by atoms with E-state index >= 15 is 0 Å². The predicted molar refractivity (Wildman–Crippen MR) is 48.8 cm³/mol. The van der Waals surface area contributed by atoms with Gasteiger partial charge in [0.1, 0.15) is 0 Å². The van der Waals surface area contributed by atoms with Crippen molar-refractivity contribution in [2.75, 3.05) is 35.4 Å². The summed E-state index contributed by atoms with van der Waals surface area (Å²) in [5.74, 6) is 0. The van der Waals surface area contributed by atoms with E-state index in [-0.39, 0.29) is 4.35 Å². The maximum absolute atomic E-state index is 5.45. The molecule has 0 aliphatic heterocycles. The molecule has 0 saturated heterocycles. The summed E-state index contributed by atoms with van der Waals surface area (Å²) in [5.41, 5.74) is 0. The van der Waals surface area contributed by atoms with Gasteiger partial charge in [-0.3, -0.25) is 0 Å². The second-order valence-electron chi connectivity index (χ2n) is 3.10. The maximum atomic E-state index is 5.45. The van der Waals surface area contributed by atoms with Crippen LogP contribution in [0, 0.1) is 0 Å². The van der Waals surface area contributed by atoms with Crippen LogP contribution in [0.2, 0.25) is 0 Å². The molecule has 1 atom stereocenters. The normalized spacial score (nSPS) is 15.0. The molecule has 80 valence electrons. The minimum absolute atomic E-state index is 0.264. The Hall–Kier alpha value is 0.554. The van der Waals surface area contributed by atoms with Gasteiger partial charge < -0.3 is 0 Å². The molecule has 0 aliphatic carbocycles. The van der Waals surface area contributed by atoms with E-state index in [0.717, 1.165) is 6.42 Å². The van der Waals surface area contributed by atoms with Crippen LogP contribution in [0.15, 0.2) is 0 Å².